The van der Waals surface area contributed by atoms with Gasteiger partial charge in [-0.1, -0.05) is 0 Å². The van der Waals surface area contributed by atoms with Crippen LogP contribution < -0.4 is 5.32 Å². The van der Waals surface area contributed by atoms with Crippen LogP contribution in [0.5, 0.6) is 0 Å². The van der Waals surface area contributed by atoms with Gasteiger partial charge in [-0.3, -0.25) is 9.79 Å². The molecule has 134 valence electrons. The number of aliphatic imine (C=N–C) groups is 1. The minimum atomic E-state index is -0.0369. The van der Waals surface area contributed by atoms with Gasteiger partial charge < -0.3 is 19.5 Å². The Morgan fingerprint density at radius 3 is 2.54 bits per heavy atom. The van der Waals surface area contributed by atoms with Gasteiger partial charge in [0, 0.05) is 37.5 Å². The van der Waals surface area contributed by atoms with Gasteiger partial charge in [-0.25, -0.2) is 0 Å². The number of carbonyl (C=O) groups is 1. The first-order valence-corrected chi connectivity index (χ1v) is 9.60. The average molecular weight is 353 g/mol. The Balaban J connectivity index is 1.95. The fraction of sp³-hybridized carbons (Fsp3) is 0.647. The second-order valence-electron chi connectivity index (χ2n) is 6.39. The van der Waals surface area contributed by atoms with Crippen LogP contribution in [0.15, 0.2) is 27.8 Å². The lowest BCUT2D eigenvalue weighted by atomic mass is 10.2. The van der Waals surface area contributed by atoms with Crippen molar-refractivity contribution in [2.75, 3.05) is 45.5 Å². The van der Waals surface area contributed by atoms with Crippen molar-refractivity contribution >= 4 is 23.6 Å². The molecule has 1 fully saturated rings. The molecule has 7 heteroatoms. The van der Waals surface area contributed by atoms with E-state index in [1.165, 1.54) is 6.26 Å². The molecule has 1 aromatic rings. The molecule has 0 atom stereocenters. The van der Waals surface area contributed by atoms with Gasteiger partial charge in [0.1, 0.15) is 0 Å². The summed E-state index contributed by atoms with van der Waals surface area (Å²) in [5.74, 6) is 1.31. The van der Waals surface area contributed by atoms with E-state index in [9.17, 15) is 4.79 Å². The third-order valence-corrected chi connectivity index (χ3v) is 5.33. The van der Waals surface area contributed by atoms with Crippen LogP contribution in [0.3, 0.4) is 0 Å². The molecule has 1 aliphatic heterocycles. The smallest absolute Gasteiger partial charge is 0.289 e. The van der Waals surface area contributed by atoms with Crippen molar-refractivity contribution in [2.24, 2.45) is 4.99 Å². The lowest BCUT2D eigenvalue weighted by molar-refractivity contribution is 0.0657. The van der Waals surface area contributed by atoms with E-state index in [1.807, 2.05) is 16.7 Å². The molecule has 0 bridgehead atoms. The molecule has 1 saturated heterocycles. The molecule has 1 aromatic heterocycles. The quantitative estimate of drug-likeness (QED) is 0.650. The number of guanidine groups is 1. The number of piperazine rings is 1. The van der Waals surface area contributed by atoms with Crippen molar-refractivity contribution in [3.63, 3.8) is 0 Å². The van der Waals surface area contributed by atoms with Gasteiger partial charge in [-0.05, 0) is 39.2 Å². The van der Waals surface area contributed by atoms with Gasteiger partial charge in [-0.15, -0.1) is 0 Å². The molecular weight excluding hydrogens is 324 g/mol. The highest BCUT2D eigenvalue weighted by Crippen LogP contribution is 2.21. The lowest BCUT2D eigenvalue weighted by Crippen LogP contribution is -2.54. The van der Waals surface area contributed by atoms with Crippen LogP contribution in [-0.4, -0.2) is 71.9 Å². The van der Waals surface area contributed by atoms with Gasteiger partial charge in [-0.2, -0.15) is 11.8 Å². The number of carbonyl (C=O) groups excluding carboxylic acids is 1. The minimum Gasteiger partial charge on any atom is -0.459 e. The summed E-state index contributed by atoms with van der Waals surface area (Å²) < 4.78 is 5.33. The van der Waals surface area contributed by atoms with E-state index < -0.39 is 0 Å². The summed E-state index contributed by atoms with van der Waals surface area (Å²) in [5.41, 5.74) is 0. The van der Waals surface area contributed by atoms with Crippen LogP contribution in [0.1, 0.15) is 31.3 Å². The summed E-state index contributed by atoms with van der Waals surface area (Å²) in [7, 11) is 0. The molecule has 1 N–H and O–H groups in total. The molecule has 0 aromatic carbocycles. The molecule has 2 rings (SSSR count). The van der Waals surface area contributed by atoms with Crippen LogP contribution in [0.2, 0.25) is 0 Å². The maximum atomic E-state index is 12.3. The van der Waals surface area contributed by atoms with Crippen molar-refractivity contribution in [1.82, 2.24) is 15.1 Å². The van der Waals surface area contributed by atoms with Crippen molar-refractivity contribution < 1.29 is 9.21 Å². The number of thioether (sulfide) groups is 1. The second-order valence-corrected chi connectivity index (χ2v) is 7.90. The normalized spacial score (nSPS) is 16.4. The summed E-state index contributed by atoms with van der Waals surface area (Å²) >= 11 is 1.82. The zero-order valence-corrected chi connectivity index (χ0v) is 15.9. The van der Waals surface area contributed by atoms with Gasteiger partial charge in [0.25, 0.3) is 5.91 Å². The first-order valence-electron chi connectivity index (χ1n) is 8.38. The Kier molecular flexibility index (Phi) is 6.60. The number of amides is 1. The summed E-state index contributed by atoms with van der Waals surface area (Å²) in [4.78, 5) is 21.2. The van der Waals surface area contributed by atoms with Crippen LogP contribution >= 0.6 is 11.8 Å². The number of rotatable bonds is 5. The Morgan fingerprint density at radius 1 is 1.33 bits per heavy atom. The first kappa shape index (κ1) is 18.7. The number of nitrogens with one attached hydrogen (secondary N) is 1. The van der Waals surface area contributed by atoms with E-state index in [0.29, 0.717) is 18.8 Å². The maximum absolute atomic E-state index is 12.3. The molecule has 0 spiro atoms. The van der Waals surface area contributed by atoms with Crippen LogP contribution in [0, 0.1) is 0 Å². The van der Waals surface area contributed by atoms with Gasteiger partial charge >= 0.3 is 0 Å². The third kappa shape index (κ3) is 4.93. The number of hydrogen-bond acceptors (Lipinski definition) is 4. The highest BCUT2D eigenvalue weighted by atomic mass is 32.2. The molecule has 1 amide bonds. The minimum absolute atomic E-state index is 0.0369. The van der Waals surface area contributed by atoms with E-state index in [1.54, 1.807) is 12.1 Å². The zero-order chi connectivity index (χ0) is 17.6. The maximum Gasteiger partial charge on any atom is 0.289 e. The number of hydrogen-bond donors (Lipinski definition) is 1. The van der Waals surface area contributed by atoms with Gasteiger partial charge in [0.2, 0.25) is 0 Å². The van der Waals surface area contributed by atoms with Crippen molar-refractivity contribution in [3.05, 3.63) is 24.2 Å². The zero-order valence-electron chi connectivity index (χ0n) is 15.0. The summed E-state index contributed by atoms with van der Waals surface area (Å²) in [6, 6.07) is 3.46. The Hall–Kier alpha value is -1.63. The fourth-order valence-corrected chi connectivity index (χ4v) is 2.63. The van der Waals surface area contributed by atoms with E-state index in [-0.39, 0.29) is 10.7 Å². The van der Waals surface area contributed by atoms with E-state index in [2.05, 4.69) is 37.2 Å². The molecule has 0 saturated carbocycles. The van der Waals surface area contributed by atoms with Gasteiger partial charge in [0.15, 0.2) is 11.7 Å². The predicted octanol–water partition coefficient (Wildman–Crippen LogP) is 2.14. The standard InChI is InChI=1S/C17H28N4O2S/c1-5-18-16(19-13-17(2,3)24-4)21-10-8-20(9-11-21)15(22)14-7-6-12-23-14/h6-7,12H,5,8-11,13H2,1-4H3,(H,18,19). The highest BCUT2D eigenvalue weighted by molar-refractivity contribution is 7.99. The molecule has 24 heavy (non-hydrogen) atoms. The van der Waals surface area contributed by atoms with E-state index >= 15 is 0 Å². The highest BCUT2D eigenvalue weighted by Gasteiger charge is 2.25. The topological polar surface area (TPSA) is 61.1 Å². The molecule has 0 unspecified atom stereocenters. The monoisotopic (exact) mass is 352 g/mol. The summed E-state index contributed by atoms with van der Waals surface area (Å²) in [6.45, 7) is 11.0. The Bertz CT molecular complexity index is 549. The van der Waals surface area contributed by atoms with Gasteiger partial charge in [0.05, 0.1) is 12.8 Å². The molecule has 6 nitrogen and oxygen atoms in total. The molecule has 0 aliphatic carbocycles. The lowest BCUT2D eigenvalue weighted by Gasteiger charge is -2.36. The molecule has 1 aliphatic rings. The fourth-order valence-electron chi connectivity index (χ4n) is 2.43. The molecule has 2 heterocycles. The van der Waals surface area contributed by atoms with E-state index in [4.69, 9.17) is 9.41 Å². The SMILES string of the molecule is CCNC(=NCC(C)(C)SC)N1CCN(C(=O)c2ccco2)CC1. The van der Waals surface area contributed by atoms with Crippen LogP contribution in [0.4, 0.5) is 0 Å². The van der Waals surface area contributed by atoms with Crippen LogP contribution in [-0.2, 0) is 0 Å². The largest absolute Gasteiger partial charge is 0.459 e. The summed E-state index contributed by atoms with van der Waals surface area (Å²) in [6.07, 6.45) is 3.65. The average Bonchev–Trinajstić information content (AvgIpc) is 3.13. The van der Waals surface area contributed by atoms with Crippen molar-refractivity contribution in [2.45, 2.75) is 25.5 Å². The molecular formula is C17H28N4O2S. The van der Waals surface area contributed by atoms with Crippen molar-refractivity contribution in [1.29, 1.82) is 0 Å². The Labute approximate surface area is 148 Å². The predicted molar refractivity (Wildman–Crippen MR) is 99.8 cm³/mol. The number of furan rings is 1. The second kappa shape index (κ2) is 8.46. The third-order valence-electron chi connectivity index (χ3n) is 4.10. The molecule has 0 radical (unpaired) electrons. The van der Waals surface area contributed by atoms with Crippen molar-refractivity contribution in [3.8, 4) is 0 Å². The number of nitrogens with zero attached hydrogens (tertiary/aromatic N) is 3. The van der Waals surface area contributed by atoms with Crippen LogP contribution in [0.25, 0.3) is 0 Å². The Morgan fingerprint density at radius 2 is 2.00 bits per heavy atom. The summed E-state index contributed by atoms with van der Waals surface area (Å²) in [5, 5.41) is 3.37. The first-order chi connectivity index (χ1) is 11.5. The van der Waals surface area contributed by atoms with E-state index in [0.717, 1.165) is 32.1 Å².